The number of nitro groups is 1. The van der Waals surface area contributed by atoms with Gasteiger partial charge in [-0.15, -0.1) is 0 Å². The van der Waals surface area contributed by atoms with Crippen molar-refractivity contribution in [1.82, 2.24) is 0 Å². The van der Waals surface area contributed by atoms with E-state index in [4.69, 9.17) is 0 Å². The third kappa shape index (κ3) is 2.73. The van der Waals surface area contributed by atoms with E-state index in [1.807, 2.05) is 0 Å². The molecule has 0 saturated carbocycles. The Morgan fingerprint density at radius 2 is 1.83 bits per heavy atom. The second kappa shape index (κ2) is 5.26. The minimum Gasteiger partial charge on any atom is -0.298 e. The molecule has 7 heteroatoms. The Hall–Kier alpha value is -1.76. The van der Waals surface area contributed by atoms with Crippen LogP contribution in [0.5, 0.6) is 0 Å². The van der Waals surface area contributed by atoms with E-state index in [9.17, 15) is 23.3 Å². The molecule has 0 aromatic heterocycles. The van der Waals surface area contributed by atoms with Gasteiger partial charge in [0.2, 0.25) is 0 Å². The molecule has 1 atom stereocenters. The summed E-state index contributed by atoms with van der Waals surface area (Å²) >= 11 is 0. The number of hydrogen-bond donors (Lipinski definition) is 0. The molecule has 6 nitrogen and oxygen atoms in total. The predicted octanol–water partition coefficient (Wildman–Crippen LogP) is 1.74. The van der Waals surface area contributed by atoms with Crippen molar-refractivity contribution >= 4 is 21.3 Å². The average molecular weight is 271 g/mol. The second-order valence-electron chi connectivity index (χ2n) is 3.76. The minimum atomic E-state index is -3.76. The van der Waals surface area contributed by atoms with Gasteiger partial charge in [-0.3, -0.25) is 14.9 Å². The van der Waals surface area contributed by atoms with Gasteiger partial charge in [-0.1, -0.05) is 6.92 Å². The molecule has 0 aliphatic carbocycles. The molecule has 18 heavy (non-hydrogen) atoms. The third-order valence-electron chi connectivity index (χ3n) is 2.64. The Kier molecular flexibility index (Phi) is 4.18. The van der Waals surface area contributed by atoms with E-state index in [1.54, 1.807) is 6.92 Å². The van der Waals surface area contributed by atoms with Crippen molar-refractivity contribution in [3.8, 4) is 0 Å². The number of Topliss-reactive ketones (excluding diaryl/α,β-unsaturated/α-hetero) is 1. The number of rotatable bonds is 5. The number of ketones is 1. The largest absolute Gasteiger partial charge is 0.298 e. The van der Waals surface area contributed by atoms with Crippen LogP contribution < -0.4 is 0 Å². The zero-order valence-corrected chi connectivity index (χ0v) is 10.8. The number of nitrogens with zero attached hydrogens (tertiary/aromatic N) is 1. The smallest absolute Gasteiger partial charge is 0.269 e. The van der Waals surface area contributed by atoms with Gasteiger partial charge in [0.05, 0.1) is 9.82 Å². The molecule has 0 bridgehead atoms. The molecule has 0 radical (unpaired) electrons. The van der Waals surface area contributed by atoms with Crippen LogP contribution in [0.4, 0.5) is 5.69 Å². The summed E-state index contributed by atoms with van der Waals surface area (Å²) in [5.74, 6) is -0.381. The Labute approximate surface area is 105 Å². The van der Waals surface area contributed by atoms with Crippen LogP contribution in [-0.2, 0) is 14.6 Å². The maximum absolute atomic E-state index is 12.0. The SMILES string of the molecule is CCC(=O)C(C)S(=O)(=O)c1ccc([N+](=O)[O-])cc1. The zero-order valence-electron chi connectivity index (χ0n) is 9.99. The monoisotopic (exact) mass is 271 g/mol. The van der Waals surface area contributed by atoms with Gasteiger partial charge in [-0.2, -0.15) is 0 Å². The summed E-state index contributed by atoms with van der Waals surface area (Å²) in [5.41, 5.74) is -0.191. The van der Waals surface area contributed by atoms with E-state index in [-0.39, 0.29) is 22.8 Å². The van der Waals surface area contributed by atoms with Crippen molar-refractivity contribution in [3.63, 3.8) is 0 Å². The van der Waals surface area contributed by atoms with Crippen molar-refractivity contribution in [2.45, 2.75) is 30.4 Å². The summed E-state index contributed by atoms with van der Waals surface area (Å²) in [5, 5.41) is 9.32. The standard InChI is InChI=1S/C11H13NO5S/c1-3-11(13)8(2)18(16,17)10-6-4-9(5-7-10)12(14)15/h4-8H,3H2,1-2H3. The predicted molar refractivity (Wildman–Crippen MR) is 65.0 cm³/mol. The lowest BCUT2D eigenvalue weighted by molar-refractivity contribution is -0.384. The van der Waals surface area contributed by atoms with E-state index in [0.29, 0.717) is 0 Å². The summed E-state index contributed by atoms with van der Waals surface area (Å²) in [6.45, 7) is 2.91. The van der Waals surface area contributed by atoms with Crippen LogP contribution >= 0.6 is 0 Å². The van der Waals surface area contributed by atoms with Crippen LogP contribution in [0.15, 0.2) is 29.2 Å². The summed E-state index contributed by atoms with van der Waals surface area (Å²) in [6.07, 6.45) is 0.132. The summed E-state index contributed by atoms with van der Waals surface area (Å²) in [6, 6.07) is 4.51. The molecule has 0 spiro atoms. The summed E-state index contributed by atoms with van der Waals surface area (Å²) < 4.78 is 24.0. The van der Waals surface area contributed by atoms with E-state index >= 15 is 0 Å². The van der Waals surface area contributed by atoms with Crippen LogP contribution in [0.3, 0.4) is 0 Å². The highest BCUT2D eigenvalue weighted by Gasteiger charge is 2.28. The molecule has 0 heterocycles. The highest BCUT2D eigenvalue weighted by Crippen LogP contribution is 2.20. The van der Waals surface area contributed by atoms with Crippen molar-refractivity contribution in [1.29, 1.82) is 0 Å². The fraction of sp³-hybridized carbons (Fsp3) is 0.364. The number of hydrogen-bond acceptors (Lipinski definition) is 5. The van der Waals surface area contributed by atoms with Crippen LogP contribution in [0, 0.1) is 10.1 Å². The fourth-order valence-corrected chi connectivity index (χ4v) is 2.86. The maximum atomic E-state index is 12.0. The lowest BCUT2D eigenvalue weighted by atomic mass is 10.2. The Morgan fingerprint density at radius 1 is 1.33 bits per heavy atom. The Morgan fingerprint density at radius 3 is 2.22 bits per heavy atom. The summed E-state index contributed by atoms with van der Waals surface area (Å²) in [4.78, 5) is 21.2. The average Bonchev–Trinajstić information content (AvgIpc) is 2.36. The first kappa shape index (κ1) is 14.3. The van der Waals surface area contributed by atoms with Crippen LogP contribution in [0.2, 0.25) is 0 Å². The van der Waals surface area contributed by atoms with E-state index < -0.39 is 20.0 Å². The van der Waals surface area contributed by atoms with Crippen LogP contribution in [0.1, 0.15) is 20.3 Å². The first-order valence-electron chi connectivity index (χ1n) is 5.31. The second-order valence-corrected chi connectivity index (χ2v) is 6.03. The molecule has 98 valence electrons. The van der Waals surface area contributed by atoms with Crippen molar-refractivity contribution in [2.75, 3.05) is 0 Å². The first-order chi connectivity index (χ1) is 8.30. The molecule has 0 aliphatic rings. The van der Waals surface area contributed by atoms with Gasteiger partial charge in [0.1, 0.15) is 5.25 Å². The maximum Gasteiger partial charge on any atom is 0.269 e. The van der Waals surface area contributed by atoms with Crippen molar-refractivity contribution < 1.29 is 18.1 Å². The molecule has 1 rings (SSSR count). The van der Waals surface area contributed by atoms with Gasteiger partial charge in [0, 0.05) is 18.6 Å². The number of non-ortho nitro benzene ring substituents is 1. The first-order valence-corrected chi connectivity index (χ1v) is 6.86. The molecule has 0 aliphatic heterocycles. The molecule has 1 unspecified atom stereocenters. The van der Waals surface area contributed by atoms with Gasteiger partial charge in [-0.25, -0.2) is 8.42 Å². The van der Waals surface area contributed by atoms with E-state index in [1.165, 1.54) is 6.92 Å². The lowest BCUT2D eigenvalue weighted by Gasteiger charge is -2.10. The quantitative estimate of drug-likeness (QED) is 0.600. The lowest BCUT2D eigenvalue weighted by Crippen LogP contribution is -2.26. The fourth-order valence-electron chi connectivity index (χ4n) is 1.42. The molecule has 0 amide bonds. The Balaban J connectivity index is 3.13. The third-order valence-corrected chi connectivity index (χ3v) is 4.77. The zero-order chi connectivity index (χ0) is 13.9. The van der Waals surface area contributed by atoms with Gasteiger partial charge < -0.3 is 0 Å². The van der Waals surface area contributed by atoms with Crippen LogP contribution in [0.25, 0.3) is 0 Å². The number of carbonyl (C=O) groups is 1. The van der Waals surface area contributed by atoms with E-state index in [0.717, 1.165) is 24.3 Å². The highest BCUT2D eigenvalue weighted by molar-refractivity contribution is 7.92. The number of sulfone groups is 1. The summed E-state index contributed by atoms with van der Waals surface area (Å²) in [7, 11) is -3.76. The normalized spacial score (nSPS) is 13.0. The Bertz CT molecular complexity index is 562. The number of nitro benzene ring substituents is 1. The molecular formula is C11H13NO5S. The molecule has 1 aromatic rings. The molecule has 0 N–H and O–H groups in total. The number of carbonyl (C=O) groups excluding carboxylic acids is 1. The van der Waals surface area contributed by atoms with E-state index in [2.05, 4.69) is 0 Å². The molecule has 0 saturated heterocycles. The topological polar surface area (TPSA) is 94.3 Å². The van der Waals surface area contributed by atoms with Crippen molar-refractivity contribution in [2.24, 2.45) is 0 Å². The van der Waals surface area contributed by atoms with Gasteiger partial charge in [0.25, 0.3) is 5.69 Å². The van der Waals surface area contributed by atoms with Crippen molar-refractivity contribution in [3.05, 3.63) is 34.4 Å². The van der Waals surface area contributed by atoms with Gasteiger partial charge >= 0.3 is 0 Å². The highest BCUT2D eigenvalue weighted by atomic mass is 32.2. The van der Waals surface area contributed by atoms with Gasteiger partial charge in [0.15, 0.2) is 15.6 Å². The van der Waals surface area contributed by atoms with Crippen LogP contribution in [-0.4, -0.2) is 24.4 Å². The molecule has 0 fully saturated rings. The number of benzene rings is 1. The molecular weight excluding hydrogens is 258 g/mol. The molecule has 1 aromatic carbocycles. The van der Waals surface area contributed by atoms with Gasteiger partial charge in [-0.05, 0) is 19.1 Å². The minimum absolute atomic E-state index is 0.0811.